The molecule has 5 saturated carbocycles. The largest absolute Gasteiger partial charge is 0.351 e. The number of sulfonamides is 1. The van der Waals surface area contributed by atoms with Gasteiger partial charge in [-0.3, -0.25) is 14.8 Å². The number of benzene rings is 1. The Labute approximate surface area is 175 Å². The molecule has 1 aromatic rings. The first kappa shape index (κ1) is 20.0. The molecule has 5 fully saturated rings. The first-order valence-corrected chi connectivity index (χ1v) is 12.1. The van der Waals surface area contributed by atoms with Gasteiger partial charge in [0.05, 0.1) is 10.3 Å². The summed E-state index contributed by atoms with van der Waals surface area (Å²) in [6, 6.07) is 8.03. The van der Waals surface area contributed by atoms with Crippen LogP contribution in [0.2, 0.25) is 0 Å². The Morgan fingerprint density at radius 2 is 1.60 bits per heavy atom. The molecule has 30 heavy (non-hydrogen) atoms. The normalized spacial score (nSPS) is 35.6. The molecule has 4 N–H and O–H groups in total. The second-order valence-electron chi connectivity index (χ2n) is 9.69. The molecule has 0 radical (unpaired) electrons. The van der Waals surface area contributed by atoms with Gasteiger partial charge in [-0.1, -0.05) is 18.2 Å². The number of hydrogen-bond acceptors (Lipinski definition) is 5. The van der Waals surface area contributed by atoms with Crippen LogP contribution in [0.15, 0.2) is 35.2 Å². The van der Waals surface area contributed by atoms with Gasteiger partial charge in [-0.15, -0.1) is 0 Å². The number of rotatable bonds is 6. The first-order valence-electron chi connectivity index (χ1n) is 10.6. The fourth-order valence-corrected chi connectivity index (χ4v) is 7.81. The fourth-order valence-electron chi connectivity index (χ4n) is 6.36. The van der Waals surface area contributed by atoms with Gasteiger partial charge >= 0.3 is 0 Å². The summed E-state index contributed by atoms with van der Waals surface area (Å²) in [7, 11) is -3.78. The summed E-state index contributed by atoms with van der Waals surface area (Å²) in [6.45, 7) is 0. The van der Waals surface area contributed by atoms with Crippen molar-refractivity contribution in [3.8, 4) is 0 Å². The van der Waals surface area contributed by atoms with Crippen molar-refractivity contribution in [3.05, 3.63) is 30.3 Å². The van der Waals surface area contributed by atoms with Crippen LogP contribution in [0, 0.1) is 23.2 Å². The summed E-state index contributed by atoms with van der Waals surface area (Å²) < 4.78 is 28.1. The molecule has 2 unspecified atom stereocenters. The monoisotopic (exact) mass is 433 g/mol. The van der Waals surface area contributed by atoms with E-state index in [0.717, 1.165) is 19.3 Å². The van der Waals surface area contributed by atoms with Crippen LogP contribution in [-0.2, 0) is 19.6 Å². The molecule has 8 nitrogen and oxygen atoms in total. The Kier molecular flexibility index (Phi) is 4.50. The molecule has 0 aromatic heterocycles. The molecule has 9 heteroatoms. The lowest BCUT2D eigenvalue weighted by molar-refractivity contribution is -0.158. The van der Waals surface area contributed by atoms with E-state index < -0.39 is 21.0 Å². The van der Waals surface area contributed by atoms with E-state index in [9.17, 15) is 23.2 Å². The van der Waals surface area contributed by atoms with Crippen LogP contribution < -0.4 is 15.5 Å². The molecule has 162 valence electrons. The van der Waals surface area contributed by atoms with Crippen LogP contribution in [0.1, 0.15) is 44.9 Å². The van der Waals surface area contributed by atoms with Gasteiger partial charge < -0.3 is 5.32 Å². The highest BCUT2D eigenvalue weighted by Crippen LogP contribution is 2.60. The number of carbonyl (C=O) groups is 2. The Morgan fingerprint density at radius 1 is 0.967 bits per heavy atom. The number of nitrogens with one attached hydrogen (secondary N) is 3. The lowest BCUT2D eigenvalue weighted by atomic mass is 9.47. The average molecular weight is 434 g/mol. The summed E-state index contributed by atoms with van der Waals surface area (Å²) >= 11 is 0. The van der Waals surface area contributed by atoms with E-state index in [1.807, 2.05) is 5.48 Å². The van der Waals surface area contributed by atoms with E-state index in [1.165, 1.54) is 12.1 Å². The Morgan fingerprint density at radius 3 is 2.17 bits per heavy atom. The molecule has 0 heterocycles. The smallest absolute Gasteiger partial charge is 0.249 e. The third kappa shape index (κ3) is 3.14. The number of hydrogen-bond donors (Lipinski definition) is 4. The van der Waals surface area contributed by atoms with Gasteiger partial charge in [-0.2, -0.15) is 4.72 Å². The van der Waals surface area contributed by atoms with Crippen LogP contribution in [-0.4, -0.2) is 37.0 Å². The van der Waals surface area contributed by atoms with Crippen molar-refractivity contribution in [3.63, 3.8) is 0 Å². The molecular weight excluding hydrogens is 406 g/mol. The van der Waals surface area contributed by atoms with E-state index in [0.29, 0.717) is 31.6 Å². The third-order valence-electron chi connectivity index (χ3n) is 7.72. The van der Waals surface area contributed by atoms with Crippen LogP contribution in [0.5, 0.6) is 0 Å². The summed E-state index contributed by atoms with van der Waals surface area (Å²) in [5, 5.41) is 12.3. The molecule has 0 aliphatic heterocycles. The molecule has 2 atom stereocenters. The highest BCUT2D eigenvalue weighted by Gasteiger charge is 2.60. The Balaban J connectivity index is 1.30. The van der Waals surface area contributed by atoms with Crippen LogP contribution in [0.4, 0.5) is 0 Å². The second kappa shape index (κ2) is 6.77. The maximum absolute atomic E-state index is 13.1. The summed E-state index contributed by atoms with van der Waals surface area (Å²) in [5.74, 6) is 0.235. The summed E-state index contributed by atoms with van der Waals surface area (Å²) in [4.78, 5) is 25.6. The molecule has 4 bridgehead atoms. The SMILES string of the molecule is O=C(NO)C12CC3CC(C1)C(NC(=O)C1(NS(=O)(=O)c4ccccc4)CC1)C(C3)C2. The van der Waals surface area contributed by atoms with Gasteiger partial charge in [0.1, 0.15) is 5.54 Å². The third-order valence-corrected chi connectivity index (χ3v) is 9.27. The van der Waals surface area contributed by atoms with E-state index in [-0.39, 0.29) is 34.6 Å². The molecule has 1 aromatic carbocycles. The van der Waals surface area contributed by atoms with Crippen molar-refractivity contribution >= 4 is 21.8 Å². The molecule has 5 aliphatic rings. The van der Waals surface area contributed by atoms with Crippen molar-refractivity contribution in [2.45, 2.75) is 61.4 Å². The molecule has 0 spiro atoms. The van der Waals surface area contributed by atoms with Gasteiger partial charge in [-0.25, -0.2) is 13.9 Å². The average Bonchev–Trinajstić information content (AvgIpc) is 3.50. The van der Waals surface area contributed by atoms with Crippen LogP contribution >= 0.6 is 0 Å². The van der Waals surface area contributed by atoms with Gasteiger partial charge in [0.25, 0.3) is 0 Å². The molecule has 2 amide bonds. The Hall–Kier alpha value is -1.97. The minimum atomic E-state index is -3.78. The molecular formula is C21H27N3O5S. The van der Waals surface area contributed by atoms with Crippen molar-refractivity contribution < 1.29 is 23.2 Å². The second-order valence-corrected chi connectivity index (χ2v) is 11.4. The van der Waals surface area contributed by atoms with Crippen molar-refractivity contribution in [2.24, 2.45) is 23.2 Å². The molecule has 0 saturated heterocycles. The van der Waals surface area contributed by atoms with E-state index in [4.69, 9.17) is 0 Å². The van der Waals surface area contributed by atoms with Gasteiger partial charge in [0.15, 0.2) is 0 Å². The quantitative estimate of drug-likeness (QED) is 0.398. The minimum Gasteiger partial charge on any atom is -0.351 e. The first-order chi connectivity index (χ1) is 14.3. The zero-order chi connectivity index (χ0) is 21.1. The van der Waals surface area contributed by atoms with Crippen molar-refractivity contribution in [2.75, 3.05) is 0 Å². The number of amides is 2. The molecule has 5 aliphatic carbocycles. The number of hydroxylamine groups is 1. The van der Waals surface area contributed by atoms with Crippen molar-refractivity contribution in [1.29, 1.82) is 0 Å². The molecule has 6 rings (SSSR count). The highest BCUT2D eigenvalue weighted by atomic mass is 32.2. The van der Waals surface area contributed by atoms with Gasteiger partial charge in [-0.05, 0) is 74.8 Å². The maximum atomic E-state index is 13.1. The van der Waals surface area contributed by atoms with Crippen molar-refractivity contribution in [1.82, 2.24) is 15.5 Å². The van der Waals surface area contributed by atoms with E-state index in [1.54, 1.807) is 18.2 Å². The van der Waals surface area contributed by atoms with Gasteiger partial charge in [0, 0.05) is 6.04 Å². The van der Waals surface area contributed by atoms with Gasteiger partial charge in [0.2, 0.25) is 21.8 Å². The lowest BCUT2D eigenvalue weighted by Crippen LogP contribution is -2.64. The zero-order valence-electron chi connectivity index (χ0n) is 16.6. The van der Waals surface area contributed by atoms with E-state index >= 15 is 0 Å². The maximum Gasteiger partial charge on any atom is 0.249 e. The Bertz CT molecular complexity index is 960. The van der Waals surface area contributed by atoms with E-state index in [2.05, 4.69) is 10.0 Å². The summed E-state index contributed by atoms with van der Waals surface area (Å²) in [5.41, 5.74) is 0.241. The lowest BCUT2D eigenvalue weighted by Gasteiger charge is -2.59. The number of carbonyl (C=O) groups excluding carboxylic acids is 2. The fraction of sp³-hybridized carbons (Fsp3) is 0.619. The van der Waals surface area contributed by atoms with Crippen LogP contribution in [0.25, 0.3) is 0 Å². The predicted molar refractivity (Wildman–Crippen MR) is 107 cm³/mol. The predicted octanol–water partition coefficient (Wildman–Crippen LogP) is 1.31. The standard InChI is InChI=1S/C21H27N3O5S/c25-18(23-27)20-10-13-8-14(11-20)17(15(9-13)12-20)22-19(26)21(6-7-21)24-30(28,29)16-4-2-1-3-5-16/h1-5,13-15,17,24,27H,6-12H2,(H,22,26)(H,23,25). The zero-order valence-corrected chi connectivity index (χ0v) is 17.5. The topological polar surface area (TPSA) is 125 Å². The van der Waals surface area contributed by atoms with Crippen LogP contribution in [0.3, 0.4) is 0 Å². The summed E-state index contributed by atoms with van der Waals surface area (Å²) in [6.07, 6.45) is 4.99. The highest BCUT2D eigenvalue weighted by molar-refractivity contribution is 7.89. The minimum absolute atomic E-state index is 0.0487.